The molecule has 0 bridgehead atoms. The first kappa shape index (κ1) is 10.7. The van der Waals surface area contributed by atoms with E-state index >= 15 is 0 Å². The van der Waals surface area contributed by atoms with Crippen LogP contribution in [0, 0.1) is 6.07 Å². The first-order valence-electron chi connectivity index (χ1n) is 4.07. The van der Waals surface area contributed by atoms with Crippen LogP contribution in [0.1, 0.15) is 0 Å². The Kier molecular flexibility index (Phi) is 4.07. The fraction of sp³-hybridized carbons (Fsp3) is 0.400. The Morgan fingerprint density at radius 2 is 1.64 bits per heavy atom. The van der Waals surface area contributed by atoms with E-state index in [1.165, 1.54) is 0 Å². The molecule has 0 fully saturated rings. The number of hydrogen-bond donors (Lipinski definition) is 0. The van der Waals surface area contributed by atoms with Crippen LogP contribution < -0.4 is 14.2 Å². The van der Waals surface area contributed by atoms with Crippen molar-refractivity contribution in [1.29, 1.82) is 0 Å². The lowest BCUT2D eigenvalue weighted by molar-refractivity contribution is 0.0471. The van der Waals surface area contributed by atoms with E-state index in [9.17, 15) is 0 Å². The zero-order chi connectivity index (χ0) is 10.4. The van der Waals surface area contributed by atoms with Crippen molar-refractivity contribution >= 4 is 0 Å². The Morgan fingerprint density at radius 3 is 2.07 bits per heavy atom. The number of benzene rings is 1. The Bertz CT molecular complexity index is 263. The van der Waals surface area contributed by atoms with Crippen LogP contribution in [0.4, 0.5) is 0 Å². The van der Waals surface area contributed by atoms with Gasteiger partial charge in [-0.3, -0.25) is 0 Å². The molecule has 0 atom stereocenters. The standard InChI is InChI=1S/C10H13O4/c1-11-7-14-10-8(12-2)5-4-6-9(10)13-3/h5-6H,7H2,1-3H3. The summed E-state index contributed by atoms with van der Waals surface area (Å²) < 4.78 is 20.3. The fourth-order valence-electron chi connectivity index (χ4n) is 1.01. The van der Waals surface area contributed by atoms with Gasteiger partial charge >= 0.3 is 0 Å². The molecule has 1 aromatic carbocycles. The number of rotatable bonds is 5. The average Bonchev–Trinajstić information content (AvgIpc) is 2.25. The molecular formula is C10H13O4. The summed E-state index contributed by atoms with van der Waals surface area (Å²) in [6.07, 6.45) is 0. The molecule has 1 rings (SSSR count). The molecule has 0 saturated carbocycles. The SMILES string of the molecule is COCOc1c(OC)c[c]cc1OC. The molecule has 0 spiro atoms. The quantitative estimate of drug-likeness (QED) is 0.670. The van der Waals surface area contributed by atoms with E-state index in [0.29, 0.717) is 17.2 Å². The molecule has 1 radical (unpaired) electrons. The molecule has 1 aromatic rings. The summed E-state index contributed by atoms with van der Waals surface area (Å²) in [5.41, 5.74) is 0. The molecule has 4 heteroatoms. The molecule has 0 aliphatic carbocycles. The minimum atomic E-state index is 0.150. The topological polar surface area (TPSA) is 36.9 Å². The van der Waals surface area contributed by atoms with Crippen LogP contribution in [0.5, 0.6) is 17.2 Å². The zero-order valence-electron chi connectivity index (χ0n) is 8.49. The maximum atomic E-state index is 5.31. The summed E-state index contributed by atoms with van der Waals surface area (Å²) in [6, 6.07) is 6.23. The third-order valence-corrected chi connectivity index (χ3v) is 1.64. The summed E-state index contributed by atoms with van der Waals surface area (Å²) in [6.45, 7) is 0.150. The largest absolute Gasteiger partial charge is 0.493 e. The molecular weight excluding hydrogens is 184 g/mol. The van der Waals surface area contributed by atoms with Crippen LogP contribution >= 0.6 is 0 Å². The molecule has 14 heavy (non-hydrogen) atoms. The Labute approximate surface area is 83.3 Å². The lowest BCUT2D eigenvalue weighted by Crippen LogP contribution is -2.02. The summed E-state index contributed by atoms with van der Waals surface area (Å²) in [7, 11) is 4.67. The summed E-state index contributed by atoms with van der Waals surface area (Å²) in [5.74, 6) is 1.67. The van der Waals surface area contributed by atoms with Gasteiger partial charge in [0, 0.05) is 7.11 Å². The molecule has 0 aliphatic heterocycles. The van der Waals surface area contributed by atoms with Crippen molar-refractivity contribution in [2.24, 2.45) is 0 Å². The van der Waals surface area contributed by atoms with Gasteiger partial charge < -0.3 is 18.9 Å². The molecule has 4 nitrogen and oxygen atoms in total. The summed E-state index contributed by atoms with van der Waals surface area (Å²) in [4.78, 5) is 0. The van der Waals surface area contributed by atoms with Crippen molar-refractivity contribution < 1.29 is 18.9 Å². The average molecular weight is 197 g/mol. The minimum Gasteiger partial charge on any atom is -0.493 e. The minimum absolute atomic E-state index is 0.150. The van der Waals surface area contributed by atoms with Crippen LogP contribution in [0.15, 0.2) is 12.1 Å². The van der Waals surface area contributed by atoms with E-state index < -0.39 is 0 Å². The van der Waals surface area contributed by atoms with Crippen molar-refractivity contribution in [3.8, 4) is 17.2 Å². The highest BCUT2D eigenvalue weighted by molar-refractivity contribution is 5.50. The first-order valence-corrected chi connectivity index (χ1v) is 4.07. The summed E-state index contributed by atoms with van der Waals surface area (Å²) >= 11 is 0. The number of methoxy groups -OCH3 is 3. The Morgan fingerprint density at radius 1 is 1.07 bits per heavy atom. The molecule has 0 unspecified atom stereocenters. The van der Waals surface area contributed by atoms with E-state index in [4.69, 9.17) is 18.9 Å². The highest BCUT2D eigenvalue weighted by Crippen LogP contribution is 2.36. The molecule has 0 heterocycles. The van der Waals surface area contributed by atoms with Crippen molar-refractivity contribution in [3.05, 3.63) is 18.2 Å². The zero-order valence-corrected chi connectivity index (χ0v) is 8.49. The molecule has 0 aliphatic rings. The normalized spacial score (nSPS) is 9.64. The predicted octanol–water partition coefficient (Wildman–Crippen LogP) is 1.49. The van der Waals surface area contributed by atoms with Gasteiger partial charge in [0.2, 0.25) is 5.75 Å². The Balaban J connectivity index is 2.93. The second-order valence-electron chi connectivity index (χ2n) is 2.47. The van der Waals surface area contributed by atoms with Crippen molar-refractivity contribution in [3.63, 3.8) is 0 Å². The van der Waals surface area contributed by atoms with E-state index in [0.717, 1.165) is 0 Å². The number of ether oxygens (including phenoxy) is 4. The highest BCUT2D eigenvalue weighted by atomic mass is 16.7. The van der Waals surface area contributed by atoms with Gasteiger partial charge in [-0.05, 0) is 18.2 Å². The Hall–Kier alpha value is -1.42. The van der Waals surface area contributed by atoms with Crippen LogP contribution in [0.2, 0.25) is 0 Å². The molecule has 77 valence electrons. The van der Waals surface area contributed by atoms with Gasteiger partial charge in [0.05, 0.1) is 14.2 Å². The lowest BCUT2D eigenvalue weighted by atomic mass is 10.3. The van der Waals surface area contributed by atoms with Crippen LogP contribution in [-0.2, 0) is 4.74 Å². The maximum absolute atomic E-state index is 5.31. The van der Waals surface area contributed by atoms with Crippen LogP contribution in [0.3, 0.4) is 0 Å². The third kappa shape index (κ3) is 2.29. The maximum Gasteiger partial charge on any atom is 0.206 e. The fourth-order valence-corrected chi connectivity index (χ4v) is 1.01. The molecule has 0 amide bonds. The predicted molar refractivity (Wildman–Crippen MR) is 50.9 cm³/mol. The molecule has 0 saturated heterocycles. The van der Waals surface area contributed by atoms with Crippen LogP contribution in [0.25, 0.3) is 0 Å². The number of hydrogen-bond acceptors (Lipinski definition) is 4. The highest BCUT2D eigenvalue weighted by Gasteiger charge is 2.10. The first-order chi connectivity index (χ1) is 6.83. The van der Waals surface area contributed by atoms with E-state index in [1.54, 1.807) is 33.5 Å². The third-order valence-electron chi connectivity index (χ3n) is 1.64. The van der Waals surface area contributed by atoms with Crippen molar-refractivity contribution in [2.75, 3.05) is 28.1 Å². The molecule has 0 N–H and O–H groups in total. The van der Waals surface area contributed by atoms with Gasteiger partial charge in [-0.2, -0.15) is 0 Å². The second-order valence-corrected chi connectivity index (χ2v) is 2.47. The smallest absolute Gasteiger partial charge is 0.206 e. The van der Waals surface area contributed by atoms with Gasteiger partial charge in [0.15, 0.2) is 18.3 Å². The van der Waals surface area contributed by atoms with Crippen molar-refractivity contribution in [1.82, 2.24) is 0 Å². The van der Waals surface area contributed by atoms with E-state index in [-0.39, 0.29) is 6.79 Å². The van der Waals surface area contributed by atoms with Gasteiger partial charge in [0.1, 0.15) is 0 Å². The van der Waals surface area contributed by atoms with Gasteiger partial charge in [0.25, 0.3) is 0 Å². The van der Waals surface area contributed by atoms with Gasteiger partial charge in [-0.15, -0.1) is 0 Å². The van der Waals surface area contributed by atoms with Crippen LogP contribution in [-0.4, -0.2) is 28.1 Å². The van der Waals surface area contributed by atoms with Gasteiger partial charge in [-0.1, -0.05) is 0 Å². The second kappa shape index (κ2) is 5.34. The van der Waals surface area contributed by atoms with E-state index in [1.807, 2.05) is 0 Å². The van der Waals surface area contributed by atoms with Crippen molar-refractivity contribution in [2.45, 2.75) is 0 Å². The lowest BCUT2D eigenvalue weighted by Gasteiger charge is -2.12. The van der Waals surface area contributed by atoms with Gasteiger partial charge in [-0.25, -0.2) is 0 Å². The summed E-state index contributed by atoms with van der Waals surface area (Å²) in [5, 5.41) is 0. The van der Waals surface area contributed by atoms with E-state index in [2.05, 4.69) is 6.07 Å². The monoisotopic (exact) mass is 197 g/mol. The molecule has 0 aromatic heterocycles.